The number of aromatic hydroxyl groups is 2. The Bertz CT molecular complexity index is 1140. The van der Waals surface area contributed by atoms with Gasteiger partial charge in [-0.2, -0.15) is 0 Å². The molecule has 0 unspecified atom stereocenters. The maximum Gasteiger partial charge on any atom is 0.503 e. The predicted molar refractivity (Wildman–Crippen MR) is 81.4 cm³/mol. The Morgan fingerprint density at radius 3 is 2.33 bits per heavy atom. The molecule has 0 fully saturated rings. The van der Waals surface area contributed by atoms with Crippen LogP contribution < -0.4 is 13.8 Å². The minimum atomic E-state index is -4.55. The van der Waals surface area contributed by atoms with Crippen molar-refractivity contribution in [3.8, 4) is 34.3 Å². The monoisotopic (exact) mass is 348 g/mol. The summed E-state index contributed by atoms with van der Waals surface area (Å²) in [6.45, 7) is 0. The Morgan fingerprint density at radius 2 is 1.62 bits per heavy atom. The van der Waals surface area contributed by atoms with E-state index in [9.17, 15) is 23.4 Å². The van der Waals surface area contributed by atoms with Crippen molar-refractivity contribution in [2.24, 2.45) is 0 Å². The van der Waals surface area contributed by atoms with Gasteiger partial charge in [-0.15, -0.1) is 8.42 Å². The molecule has 0 saturated carbocycles. The lowest BCUT2D eigenvalue weighted by Gasteiger charge is -2.16. The molecule has 3 heterocycles. The van der Waals surface area contributed by atoms with E-state index in [0.29, 0.717) is 0 Å². The predicted octanol–water partition coefficient (Wildman–Crippen LogP) is 1.89. The Hall–Kier alpha value is -3.20. The first-order valence-corrected chi connectivity index (χ1v) is 7.94. The molecule has 24 heavy (non-hydrogen) atoms. The van der Waals surface area contributed by atoms with Crippen LogP contribution >= 0.6 is 0 Å². The summed E-state index contributed by atoms with van der Waals surface area (Å²) in [5.41, 5.74) is -0.528. The minimum absolute atomic E-state index is 0.0277. The molecule has 2 N–H and O–H groups in total. The second-order valence-corrected chi connectivity index (χ2v) is 6.18. The van der Waals surface area contributed by atoms with Gasteiger partial charge >= 0.3 is 16.3 Å². The van der Waals surface area contributed by atoms with Gasteiger partial charge in [-0.05, 0) is 17.7 Å². The number of hydrogen-bond donors (Lipinski definition) is 2. The Kier molecular flexibility index (Phi) is 2.79. The maximum atomic E-state index is 12.8. The summed E-state index contributed by atoms with van der Waals surface area (Å²) in [5.74, 6) is -1.35. The highest BCUT2D eigenvalue weighted by molar-refractivity contribution is 7.82. The summed E-state index contributed by atoms with van der Waals surface area (Å²) in [7, 11) is -4.55. The van der Waals surface area contributed by atoms with E-state index in [1.54, 1.807) is 0 Å². The van der Waals surface area contributed by atoms with Gasteiger partial charge in [0.15, 0.2) is 5.75 Å². The highest BCUT2D eigenvalue weighted by Gasteiger charge is 2.31. The van der Waals surface area contributed by atoms with Crippen molar-refractivity contribution in [2.45, 2.75) is 0 Å². The van der Waals surface area contributed by atoms with Gasteiger partial charge < -0.3 is 23.0 Å². The average Bonchev–Trinajstić information content (AvgIpc) is 2.46. The quantitative estimate of drug-likeness (QED) is 0.683. The molecule has 2 aromatic carbocycles. The molecule has 0 saturated heterocycles. The van der Waals surface area contributed by atoms with E-state index in [0.717, 1.165) is 12.1 Å². The molecule has 2 aliphatic heterocycles. The van der Waals surface area contributed by atoms with Gasteiger partial charge in [-0.1, -0.05) is 12.1 Å². The lowest BCUT2D eigenvalue weighted by molar-refractivity contribution is 0.336. The molecule has 4 bridgehead atoms. The molecule has 3 aromatic rings. The van der Waals surface area contributed by atoms with Crippen LogP contribution in [0, 0.1) is 0 Å². The fourth-order valence-electron chi connectivity index (χ4n) is 2.47. The summed E-state index contributed by atoms with van der Waals surface area (Å²) in [5, 5.41) is 18.8. The van der Waals surface area contributed by atoms with Gasteiger partial charge in [0, 0.05) is 12.1 Å². The number of fused-ring (bicyclic) bond motifs is 3. The molecular formula is C15H8O8S. The van der Waals surface area contributed by atoms with Crippen LogP contribution in [0.15, 0.2) is 45.6 Å². The second-order valence-electron chi connectivity index (χ2n) is 5.03. The number of phenolic OH excluding ortho intramolecular Hbond substituents is 2. The fourth-order valence-corrected chi connectivity index (χ4v) is 3.16. The molecule has 0 amide bonds. The van der Waals surface area contributed by atoms with Crippen LogP contribution in [-0.2, 0) is 10.4 Å². The molecule has 5 rings (SSSR count). The van der Waals surface area contributed by atoms with E-state index in [2.05, 4.69) is 0 Å². The normalized spacial score (nSPS) is 14.8. The molecule has 0 atom stereocenters. The average molecular weight is 348 g/mol. The van der Waals surface area contributed by atoms with Gasteiger partial charge in [0.05, 0.1) is 0 Å². The van der Waals surface area contributed by atoms with Gasteiger partial charge in [0.2, 0.25) is 5.43 Å². The molecule has 9 heteroatoms. The van der Waals surface area contributed by atoms with Crippen LogP contribution in [-0.4, -0.2) is 18.6 Å². The maximum absolute atomic E-state index is 12.8. The van der Waals surface area contributed by atoms with Crippen LogP contribution in [0.25, 0.3) is 22.1 Å². The van der Waals surface area contributed by atoms with E-state index < -0.39 is 27.5 Å². The SMILES string of the molecule is O=c1c(-c2ccc(O)cc2)c2oc3cc(O)cc(c13)OS(=O)(=O)O2. The van der Waals surface area contributed by atoms with E-state index in [4.69, 9.17) is 12.8 Å². The topological polar surface area (TPSA) is 123 Å². The number of hydrogen-bond acceptors (Lipinski definition) is 8. The number of rotatable bonds is 1. The molecule has 122 valence electrons. The van der Waals surface area contributed by atoms with E-state index >= 15 is 0 Å². The Labute approximate surface area is 134 Å². The Balaban J connectivity index is 2.17. The highest BCUT2D eigenvalue weighted by Crippen LogP contribution is 2.39. The van der Waals surface area contributed by atoms with Crippen molar-refractivity contribution in [3.05, 3.63) is 46.6 Å². The van der Waals surface area contributed by atoms with Crippen LogP contribution in [0.1, 0.15) is 0 Å². The number of phenols is 2. The molecule has 0 aliphatic carbocycles. The summed E-state index contributed by atoms with van der Waals surface area (Å²) >= 11 is 0. The van der Waals surface area contributed by atoms with Crippen LogP contribution in [0.2, 0.25) is 0 Å². The summed E-state index contributed by atoms with van der Waals surface area (Å²) < 4.78 is 38.6. The van der Waals surface area contributed by atoms with E-state index in [1.165, 1.54) is 24.3 Å². The lowest BCUT2D eigenvalue weighted by Crippen LogP contribution is -2.22. The van der Waals surface area contributed by atoms with Gasteiger partial charge in [0.25, 0.3) is 0 Å². The van der Waals surface area contributed by atoms with Crippen LogP contribution in [0.5, 0.6) is 23.2 Å². The zero-order chi connectivity index (χ0) is 17.1. The van der Waals surface area contributed by atoms with E-state index in [1.807, 2.05) is 0 Å². The van der Waals surface area contributed by atoms with Gasteiger partial charge in [-0.3, -0.25) is 4.79 Å². The summed E-state index contributed by atoms with van der Waals surface area (Å²) in [4.78, 5) is 12.8. The first-order valence-electron chi connectivity index (χ1n) is 6.61. The largest absolute Gasteiger partial charge is 0.508 e. The first-order chi connectivity index (χ1) is 11.3. The summed E-state index contributed by atoms with van der Waals surface area (Å²) in [6.07, 6.45) is 0. The third-order valence-corrected chi connectivity index (χ3v) is 4.18. The molecule has 2 aliphatic rings. The van der Waals surface area contributed by atoms with Gasteiger partial charge in [0.1, 0.15) is 28.0 Å². The highest BCUT2D eigenvalue weighted by atomic mass is 32.3. The zero-order valence-electron chi connectivity index (χ0n) is 11.7. The second kappa shape index (κ2) is 4.65. The standard InChI is InChI=1S/C15H8O8S/c16-8-3-1-7(2-4-8)12-14(18)13-10-5-9(17)6-11(13)22-24(19,20)23-15(12)21-10/h1-6,16-17H. The zero-order valence-corrected chi connectivity index (χ0v) is 12.5. The van der Waals surface area contributed by atoms with Crippen LogP contribution in [0.3, 0.4) is 0 Å². The van der Waals surface area contributed by atoms with Gasteiger partial charge in [-0.25, -0.2) is 0 Å². The fraction of sp³-hybridized carbons (Fsp3) is 0. The number of benzene rings is 2. The Morgan fingerprint density at radius 1 is 0.917 bits per heavy atom. The minimum Gasteiger partial charge on any atom is -0.508 e. The first kappa shape index (κ1) is 14.4. The third kappa shape index (κ3) is 2.14. The van der Waals surface area contributed by atoms with Crippen molar-refractivity contribution >= 4 is 21.4 Å². The lowest BCUT2D eigenvalue weighted by atomic mass is 10.0. The summed E-state index contributed by atoms with van der Waals surface area (Å²) in [6, 6.07) is 7.61. The van der Waals surface area contributed by atoms with E-state index in [-0.39, 0.29) is 33.6 Å². The van der Waals surface area contributed by atoms with Crippen LogP contribution in [0.4, 0.5) is 0 Å². The van der Waals surface area contributed by atoms with Crippen molar-refractivity contribution < 1.29 is 31.4 Å². The van der Waals surface area contributed by atoms with Crippen molar-refractivity contribution in [3.63, 3.8) is 0 Å². The molecule has 8 nitrogen and oxygen atoms in total. The molecule has 0 spiro atoms. The third-order valence-electron chi connectivity index (χ3n) is 3.44. The molecule has 0 radical (unpaired) electrons. The smallest absolute Gasteiger partial charge is 0.503 e. The van der Waals surface area contributed by atoms with Crippen molar-refractivity contribution in [2.75, 3.05) is 0 Å². The van der Waals surface area contributed by atoms with Crippen molar-refractivity contribution in [1.82, 2.24) is 0 Å². The molecular weight excluding hydrogens is 340 g/mol. The molecule has 1 aromatic heterocycles. The van der Waals surface area contributed by atoms with Crippen molar-refractivity contribution in [1.29, 1.82) is 0 Å².